The summed E-state index contributed by atoms with van der Waals surface area (Å²) in [6.45, 7) is 6.45. The van der Waals surface area contributed by atoms with Gasteiger partial charge in [-0.15, -0.1) is 0 Å². The van der Waals surface area contributed by atoms with E-state index in [2.05, 4.69) is 5.10 Å². The molecular formula is C22H27ClN4O3. The molecule has 0 aliphatic carbocycles. The van der Waals surface area contributed by atoms with Gasteiger partial charge < -0.3 is 14.5 Å². The monoisotopic (exact) mass is 430 g/mol. The molecule has 0 spiro atoms. The number of aromatic nitrogens is 2. The van der Waals surface area contributed by atoms with Crippen molar-refractivity contribution in [3.8, 4) is 5.69 Å². The van der Waals surface area contributed by atoms with E-state index in [-0.39, 0.29) is 29.9 Å². The summed E-state index contributed by atoms with van der Waals surface area (Å²) >= 11 is 5.93. The summed E-state index contributed by atoms with van der Waals surface area (Å²) in [5, 5.41) is 4.96. The zero-order valence-electron chi connectivity index (χ0n) is 17.3. The van der Waals surface area contributed by atoms with E-state index >= 15 is 0 Å². The topological polar surface area (TPSA) is 67.7 Å². The highest BCUT2D eigenvalue weighted by Gasteiger charge is 2.33. The van der Waals surface area contributed by atoms with Crippen molar-refractivity contribution in [1.29, 1.82) is 0 Å². The molecule has 0 radical (unpaired) electrons. The molecule has 2 fully saturated rings. The molecule has 2 amide bonds. The molecule has 2 unspecified atom stereocenters. The number of amides is 2. The normalized spacial score (nSPS) is 22.9. The third-order valence-electron chi connectivity index (χ3n) is 5.78. The van der Waals surface area contributed by atoms with E-state index in [1.54, 1.807) is 29.2 Å². The Balaban J connectivity index is 1.34. The first-order chi connectivity index (χ1) is 14.4. The Morgan fingerprint density at radius 3 is 2.30 bits per heavy atom. The van der Waals surface area contributed by atoms with Crippen LogP contribution in [0.1, 0.15) is 37.0 Å². The number of ether oxygens (including phenoxy) is 1. The number of piperidine rings is 1. The SMILES string of the molecule is CC1CN(C(=O)C2CCN(C(=O)c3cnn(-c4ccc(Cl)cc4)c3)CC2)CC(C)O1. The Morgan fingerprint density at radius 2 is 1.67 bits per heavy atom. The van der Waals surface area contributed by atoms with Crippen molar-refractivity contribution >= 4 is 23.4 Å². The van der Waals surface area contributed by atoms with E-state index in [0.717, 1.165) is 5.69 Å². The minimum Gasteiger partial charge on any atom is -0.372 e. The number of morpholine rings is 1. The lowest BCUT2D eigenvalue weighted by atomic mass is 9.94. The number of hydrogen-bond donors (Lipinski definition) is 0. The minimum atomic E-state index is -0.0465. The van der Waals surface area contributed by atoms with Gasteiger partial charge in [0.1, 0.15) is 0 Å². The van der Waals surface area contributed by atoms with Crippen molar-refractivity contribution in [1.82, 2.24) is 19.6 Å². The molecule has 2 saturated heterocycles. The zero-order chi connectivity index (χ0) is 21.3. The van der Waals surface area contributed by atoms with Crippen LogP contribution in [0.5, 0.6) is 0 Å². The molecule has 160 valence electrons. The van der Waals surface area contributed by atoms with E-state index in [1.807, 2.05) is 35.8 Å². The van der Waals surface area contributed by atoms with Gasteiger partial charge in [-0.3, -0.25) is 9.59 Å². The molecule has 2 aliphatic rings. The van der Waals surface area contributed by atoms with Gasteiger partial charge in [0.25, 0.3) is 5.91 Å². The first-order valence-corrected chi connectivity index (χ1v) is 10.8. The Hall–Kier alpha value is -2.38. The highest BCUT2D eigenvalue weighted by molar-refractivity contribution is 6.30. The standard InChI is InChI=1S/C22H27ClN4O3/c1-15-12-26(13-16(2)30-15)21(28)17-7-9-25(10-8-17)22(29)18-11-24-27(14-18)20-5-3-19(23)4-6-20/h3-6,11,14-17H,7-10,12-13H2,1-2H3. The maximum absolute atomic E-state index is 12.9. The maximum Gasteiger partial charge on any atom is 0.257 e. The van der Waals surface area contributed by atoms with Crippen molar-refractivity contribution in [3.05, 3.63) is 47.2 Å². The molecule has 0 bridgehead atoms. The van der Waals surface area contributed by atoms with Crippen LogP contribution < -0.4 is 0 Å². The summed E-state index contributed by atoms with van der Waals surface area (Å²) in [6, 6.07) is 7.29. The van der Waals surface area contributed by atoms with Gasteiger partial charge in [-0.2, -0.15) is 5.10 Å². The molecule has 8 heteroatoms. The number of rotatable bonds is 3. The van der Waals surface area contributed by atoms with Gasteiger partial charge in [-0.1, -0.05) is 11.6 Å². The molecule has 4 rings (SSSR count). The molecule has 1 aromatic heterocycles. The first-order valence-electron chi connectivity index (χ1n) is 10.4. The van der Waals surface area contributed by atoms with Gasteiger partial charge in [0.15, 0.2) is 0 Å². The second-order valence-corrected chi connectivity index (χ2v) is 8.65. The quantitative estimate of drug-likeness (QED) is 0.750. The van der Waals surface area contributed by atoms with Crippen molar-refractivity contribution in [2.45, 2.75) is 38.9 Å². The third kappa shape index (κ3) is 4.52. The van der Waals surface area contributed by atoms with Crippen LogP contribution in [0, 0.1) is 5.92 Å². The summed E-state index contributed by atoms with van der Waals surface area (Å²) in [4.78, 5) is 29.6. The van der Waals surface area contributed by atoms with E-state index in [0.29, 0.717) is 49.6 Å². The van der Waals surface area contributed by atoms with Gasteiger partial charge in [0.05, 0.1) is 29.7 Å². The highest BCUT2D eigenvalue weighted by Crippen LogP contribution is 2.23. The van der Waals surface area contributed by atoms with Crippen LogP contribution in [-0.4, -0.2) is 69.8 Å². The average molecular weight is 431 g/mol. The third-order valence-corrected chi connectivity index (χ3v) is 6.04. The van der Waals surface area contributed by atoms with E-state index in [1.165, 1.54) is 0 Å². The number of carbonyl (C=O) groups is 2. The Morgan fingerprint density at radius 1 is 1.03 bits per heavy atom. The molecule has 0 saturated carbocycles. The fourth-order valence-electron chi connectivity index (χ4n) is 4.30. The summed E-state index contributed by atoms with van der Waals surface area (Å²) in [5.41, 5.74) is 1.39. The van der Waals surface area contributed by atoms with Crippen LogP contribution in [0.15, 0.2) is 36.7 Å². The van der Waals surface area contributed by atoms with Crippen molar-refractivity contribution < 1.29 is 14.3 Å². The second kappa shape index (κ2) is 8.78. The molecule has 2 atom stereocenters. The van der Waals surface area contributed by atoms with Crippen LogP contribution in [0.4, 0.5) is 0 Å². The fourth-order valence-corrected chi connectivity index (χ4v) is 4.42. The van der Waals surface area contributed by atoms with E-state index in [9.17, 15) is 9.59 Å². The molecule has 0 N–H and O–H groups in total. The highest BCUT2D eigenvalue weighted by atomic mass is 35.5. The predicted octanol–water partition coefficient (Wildman–Crippen LogP) is 3.01. The summed E-state index contributed by atoms with van der Waals surface area (Å²) in [5.74, 6) is 0.123. The predicted molar refractivity (Wildman–Crippen MR) is 114 cm³/mol. The molecule has 2 aromatic rings. The molecular weight excluding hydrogens is 404 g/mol. The summed E-state index contributed by atoms with van der Waals surface area (Å²) in [7, 11) is 0. The maximum atomic E-state index is 12.9. The summed E-state index contributed by atoms with van der Waals surface area (Å²) < 4.78 is 7.40. The van der Waals surface area contributed by atoms with Gasteiger partial charge in [-0.05, 0) is 51.0 Å². The van der Waals surface area contributed by atoms with Gasteiger partial charge in [-0.25, -0.2) is 4.68 Å². The van der Waals surface area contributed by atoms with Crippen LogP contribution in [0.3, 0.4) is 0 Å². The Labute approximate surface area is 181 Å². The molecule has 2 aliphatic heterocycles. The smallest absolute Gasteiger partial charge is 0.257 e. The lowest BCUT2D eigenvalue weighted by molar-refractivity contribution is -0.148. The van der Waals surface area contributed by atoms with Crippen LogP contribution >= 0.6 is 11.6 Å². The van der Waals surface area contributed by atoms with Crippen molar-refractivity contribution in [2.75, 3.05) is 26.2 Å². The van der Waals surface area contributed by atoms with Crippen LogP contribution in [-0.2, 0) is 9.53 Å². The van der Waals surface area contributed by atoms with E-state index in [4.69, 9.17) is 16.3 Å². The fraction of sp³-hybridized carbons (Fsp3) is 0.500. The molecule has 3 heterocycles. The Kier molecular flexibility index (Phi) is 6.11. The lowest BCUT2D eigenvalue weighted by Crippen LogP contribution is -2.51. The number of benzene rings is 1. The Bertz CT molecular complexity index is 895. The van der Waals surface area contributed by atoms with Crippen molar-refractivity contribution in [2.24, 2.45) is 5.92 Å². The largest absolute Gasteiger partial charge is 0.372 e. The number of carbonyl (C=O) groups excluding carboxylic acids is 2. The number of likely N-dealkylation sites (tertiary alicyclic amines) is 1. The van der Waals surface area contributed by atoms with E-state index < -0.39 is 0 Å². The second-order valence-electron chi connectivity index (χ2n) is 8.22. The summed E-state index contributed by atoms with van der Waals surface area (Å²) in [6.07, 6.45) is 4.84. The number of nitrogens with zero attached hydrogens (tertiary/aromatic N) is 4. The number of halogens is 1. The van der Waals surface area contributed by atoms with Crippen LogP contribution in [0.25, 0.3) is 5.69 Å². The minimum absolute atomic E-state index is 0.0247. The molecule has 1 aromatic carbocycles. The van der Waals surface area contributed by atoms with Gasteiger partial charge in [0, 0.05) is 43.3 Å². The number of hydrogen-bond acceptors (Lipinski definition) is 4. The average Bonchev–Trinajstić information content (AvgIpc) is 3.23. The van der Waals surface area contributed by atoms with Gasteiger partial charge >= 0.3 is 0 Å². The van der Waals surface area contributed by atoms with Crippen LogP contribution in [0.2, 0.25) is 5.02 Å². The lowest BCUT2D eigenvalue weighted by Gasteiger charge is -2.39. The van der Waals surface area contributed by atoms with Crippen molar-refractivity contribution in [3.63, 3.8) is 0 Å². The zero-order valence-corrected chi connectivity index (χ0v) is 18.1. The molecule has 7 nitrogen and oxygen atoms in total. The first kappa shape index (κ1) is 20.9. The molecule has 30 heavy (non-hydrogen) atoms. The van der Waals surface area contributed by atoms with Gasteiger partial charge in [0.2, 0.25) is 5.91 Å².